The molecular weight excluding hydrogens is 205 g/mol. The summed E-state index contributed by atoms with van der Waals surface area (Å²) >= 11 is 0. The fourth-order valence-electron chi connectivity index (χ4n) is 1.64. The highest BCUT2D eigenvalue weighted by Gasteiger charge is 2.06. The van der Waals surface area contributed by atoms with Crippen molar-refractivity contribution in [3.05, 3.63) is 41.3 Å². The molecule has 0 amide bonds. The molecule has 16 heavy (non-hydrogen) atoms. The van der Waals surface area contributed by atoms with Crippen molar-refractivity contribution >= 4 is 5.95 Å². The van der Waals surface area contributed by atoms with E-state index in [4.69, 9.17) is 5.73 Å². The first-order valence-corrected chi connectivity index (χ1v) is 4.94. The zero-order valence-electron chi connectivity index (χ0n) is 9.16. The Hall–Kier alpha value is -1.97. The highest BCUT2D eigenvalue weighted by Crippen LogP contribution is 2.23. The Morgan fingerprint density at radius 2 is 1.88 bits per heavy atom. The Balaban J connectivity index is 2.58. The molecule has 82 valence electrons. The maximum Gasteiger partial charge on any atom is 0.220 e. The van der Waals surface area contributed by atoms with E-state index in [1.807, 2.05) is 19.9 Å². The number of anilines is 1. The van der Waals surface area contributed by atoms with Crippen LogP contribution in [0.3, 0.4) is 0 Å². The maximum absolute atomic E-state index is 13.0. The summed E-state index contributed by atoms with van der Waals surface area (Å²) in [6.45, 7) is 3.69. The summed E-state index contributed by atoms with van der Waals surface area (Å²) in [4.78, 5) is 8.14. The minimum absolute atomic E-state index is 0.235. The van der Waals surface area contributed by atoms with Crippen molar-refractivity contribution in [1.82, 2.24) is 9.97 Å². The largest absolute Gasteiger partial charge is 0.368 e. The Bertz CT molecular complexity index is 518. The van der Waals surface area contributed by atoms with Gasteiger partial charge in [0.05, 0.1) is 5.69 Å². The highest BCUT2D eigenvalue weighted by atomic mass is 19.1. The molecule has 0 aliphatic carbocycles. The number of nitrogen functional groups attached to an aromatic ring is 1. The van der Waals surface area contributed by atoms with Crippen molar-refractivity contribution < 1.29 is 4.39 Å². The third kappa shape index (κ3) is 2.00. The van der Waals surface area contributed by atoms with Crippen molar-refractivity contribution in [3.8, 4) is 11.3 Å². The average molecular weight is 217 g/mol. The van der Waals surface area contributed by atoms with Crippen LogP contribution in [0.1, 0.15) is 11.3 Å². The topological polar surface area (TPSA) is 51.8 Å². The van der Waals surface area contributed by atoms with E-state index in [0.29, 0.717) is 0 Å². The smallest absolute Gasteiger partial charge is 0.220 e. The lowest BCUT2D eigenvalue weighted by atomic mass is 10.1. The normalized spacial score (nSPS) is 10.4. The summed E-state index contributed by atoms with van der Waals surface area (Å²) in [5.41, 5.74) is 8.81. The number of benzene rings is 1. The lowest BCUT2D eigenvalue weighted by Crippen LogP contribution is -1.99. The second-order valence-electron chi connectivity index (χ2n) is 3.71. The van der Waals surface area contributed by atoms with E-state index in [1.165, 1.54) is 12.1 Å². The van der Waals surface area contributed by atoms with E-state index in [-0.39, 0.29) is 11.8 Å². The van der Waals surface area contributed by atoms with E-state index in [9.17, 15) is 4.39 Å². The molecule has 2 rings (SSSR count). The molecule has 1 aromatic carbocycles. The van der Waals surface area contributed by atoms with Gasteiger partial charge in [-0.25, -0.2) is 14.4 Å². The molecule has 2 aromatic rings. The molecule has 0 aliphatic heterocycles. The standard InChI is InChI=1S/C12H12FN3/c1-7-5-9(13)3-4-10(7)11-6-8(2)15-12(14)16-11/h3-6H,1-2H3,(H2,14,15,16). The second-order valence-corrected chi connectivity index (χ2v) is 3.71. The molecule has 0 unspecified atom stereocenters. The minimum Gasteiger partial charge on any atom is -0.368 e. The van der Waals surface area contributed by atoms with Crippen molar-refractivity contribution in [2.75, 3.05) is 5.73 Å². The fraction of sp³-hybridized carbons (Fsp3) is 0.167. The van der Waals surface area contributed by atoms with Crippen LogP contribution in [0, 0.1) is 19.7 Å². The van der Waals surface area contributed by atoms with Crippen LogP contribution in [-0.4, -0.2) is 9.97 Å². The Kier molecular flexibility index (Phi) is 2.56. The summed E-state index contributed by atoms with van der Waals surface area (Å²) in [7, 11) is 0. The molecular formula is C12H12FN3. The Morgan fingerprint density at radius 3 is 2.50 bits per heavy atom. The molecule has 4 heteroatoms. The molecule has 0 saturated heterocycles. The molecule has 0 spiro atoms. The lowest BCUT2D eigenvalue weighted by molar-refractivity contribution is 0.627. The van der Waals surface area contributed by atoms with Crippen LogP contribution in [-0.2, 0) is 0 Å². The Labute approximate surface area is 93.2 Å². The van der Waals surface area contributed by atoms with E-state index < -0.39 is 0 Å². The molecule has 0 bridgehead atoms. The first-order chi connectivity index (χ1) is 7.56. The van der Waals surface area contributed by atoms with Crippen LogP contribution in [0.25, 0.3) is 11.3 Å². The number of hydrogen-bond acceptors (Lipinski definition) is 3. The molecule has 1 heterocycles. The van der Waals surface area contributed by atoms with Gasteiger partial charge >= 0.3 is 0 Å². The van der Waals surface area contributed by atoms with Gasteiger partial charge in [-0.05, 0) is 43.7 Å². The third-order valence-electron chi connectivity index (χ3n) is 2.34. The summed E-state index contributed by atoms with van der Waals surface area (Å²) in [5, 5.41) is 0. The molecule has 0 fully saturated rings. The molecule has 0 aliphatic rings. The predicted octanol–water partition coefficient (Wildman–Crippen LogP) is 2.48. The molecule has 0 radical (unpaired) electrons. The first kappa shape index (κ1) is 10.5. The van der Waals surface area contributed by atoms with E-state index >= 15 is 0 Å². The van der Waals surface area contributed by atoms with Crippen LogP contribution in [0.5, 0.6) is 0 Å². The molecule has 2 N–H and O–H groups in total. The van der Waals surface area contributed by atoms with E-state index in [2.05, 4.69) is 9.97 Å². The number of aryl methyl sites for hydroxylation is 2. The quantitative estimate of drug-likeness (QED) is 0.798. The van der Waals surface area contributed by atoms with Crippen LogP contribution in [0.2, 0.25) is 0 Å². The number of aromatic nitrogens is 2. The Morgan fingerprint density at radius 1 is 1.12 bits per heavy atom. The number of hydrogen-bond donors (Lipinski definition) is 1. The van der Waals surface area contributed by atoms with Crippen molar-refractivity contribution in [3.63, 3.8) is 0 Å². The SMILES string of the molecule is Cc1cc(-c2ccc(F)cc2C)nc(N)n1. The van der Waals surface area contributed by atoms with Gasteiger partial charge in [-0.3, -0.25) is 0 Å². The summed E-state index contributed by atoms with van der Waals surface area (Å²) in [5.74, 6) is -0.0151. The van der Waals surface area contributed by atoms with Crippen LogP contribution < -0.4 is 5.73 Å². The molecule has 1 aromatic heterocycles. The van der Waals surface area contributed by atoms with Gasteiger partial charge < -0.3 is 5.73 Å². The van der Waals surface area contributed by atoms with Gasteiger partial charge in [0.15, 0.2) is 0 Å². The minimum atomic E-state index is -0.250. The number of nitrogens with zero attached hydrogens (tertiary/aromatic N) is 2. The number of halogens is 1. The van der Waals surface area contributed by atoms with Gasteiger partial charge in [0, 0.05) is 11.3 Å². The van der Waals surface area contributed by atoms with Crippen LogP contribution in [0.15, 0.2) is 24.3 Å². The molecule has 0 saturated carbocycles. The van der Waals surface area contributed by atoms with Gasteiger partial charge in [0.1, 0.15) is 5.82 Å². The molecule has 3 nitrogen and oxygen atoms in total. The zero-order valence-corrected chi connectivity index (χ0v) is 9.16. The monoisotopic (exact) mass is 217 g/mol. The van der Waals surface area contributed by atoms with Gasteiger partial charge in [-0.1, -0.05) is 0 Å². The lowest BCUT2D eigenvalue weighted by Gasteiger charge is -2.06. The first-order valence-electron chi connectivity index (χ1n) is 4.94. The maximum atomic E-state index is 13.0. The van der Waals surface area contributed by atoms with Gasteiger partial charge in [0.2, 0.25) is 5.95 Å². The van der Waals surface area contributed by atoms with Crippen molar-refractivity contribution in [1.29, 1.82) is 0 Å². The zero-order chi connectivity index (χ0) is 11.7. The summed E-state index contributed by atoms with van der Waals surface area (Å²) in [6, 6.07) is 6.42. The van der Waals surface area contributed by atoms with Gasteiger partial charge in [0.25, 0.3) is 0 Å². The van der Waals surface area contributed by atoms with Crippen molar-refractivity contribution in [2.24, 2.45) is 0 Å². The van der Waals surface area contributed by atoms with Gasteiger partial charge in [-0.2, -0.15) is 0 Å². The van der Waals surface area contributed by atoms with Crippen LogP contribution >= 0.6 is 0 Å². The average Bonchev–Trinajstić information content (AvgIpc) is 2.15. The van der Waals surface area contributed by atoms with E-state index in [0.717, 1.165) is 22.5 Å². The fourth-order valence-corrected chi connectivity index (χ4v) is 1.64. The summed E-state index contributed by atoms with van der Waals surface area (Å²) in [6.07, 6.45) is 0. The van der Waals surface area contributed by atoms with Crippen molar-refractivity contribution in [2.45, 2.75) is 13.8 Å². The molecule has 0 atom stereocenters. The van der Waals surface area contributed by atoms with E-state index in [1.54, 1.807) is 6.07 Å². The predicted molar refractivity (Wildman–Crippen MR) is 61.3 cm³/mol. The van der Waals surface area contributed by atoms with Gasteiger partial charge in [-0.15, -0.1) is 0 Å². The third-order valence-corrected chi connectivity index (χ3v) is 2.34. The second kappa shape index (κ2) is 3.89. The number of nitrogens with two attached hydrogens (primary N) is 1. The van der Waals surface area contributed by atoms with Crippen LogP contribution in [0.4, 0.5) is 10.3 Å². The number of rotatable bonds is 1. The highest BCUT2D eigenvalue weighted by molar-refractivity contribution is 5.64. The summed E-state index contributed by atoms with van der Waals surface area (Å²) < 4.78 is 13.0.